The maximum Gasteiger partial charge on any atom is 0.215 e. The van der Waals surface area contributed by atoms with Crippen LogP contribution in [0.2, 0.25) is 0 Å². The zero-order chi connectivity index (χ0) is 14.1. The van der Waals surface area contributed by atoms with Gasteiger partial charge in [0.15, 0.2) is 0 Å². The number of para-hydroxylation sites is 1. The number of quaternary nitrogens is 1. The van der Waals surface area contributed by atoms with Gasteiger partial charge in [-0.1, -0.05) is 18.2 Å². The van der Waals surface area contributed by atoms with Crippen LogP contribution in [0, 0.1) is 0 Å². The van der Waals surface area contributed by atoms with Crippen molar-refractivity contribution in [1.82, 2.24) is 4.48 Å². The Bertz CT molecular complexity index is 377. The molecule has 3 N–H and O–H groups in total. The lowest BCUT2D eigenvalue weighted by molar-refractivity contribution is 0.366. The molecule has 0 saturated heterocycles. The highest BCUT2D eigenvalue weighted by molar-refractivity contribution is 7.79. The maximum absolute atomic E-state index is 8.63. The average Bonchev–Trinajstić information content (AvgIpc) is 2.18. The van der Waals surface area contributed by atoms with Gasteiger partial charge in [-0.2, -0.15) is 0 Å². The van der Waals surface area contributed by atoms with Crippen molar-refractivity contribution in [2.45, 2.75) is 0 Å². The zero-order valence-corrected chi connectivity index (χ0v) is 11.3. The fourth-order valence-corrected chi connectivity index (χ4v) is 0.875. The largest absolute Gasteiger partial charge is 0.726 e. The van der Waals surface area contributed by atoms with E-state index in [1.807, 2.05) is 6.07 Å². The van der Waals surface area contributed by atoms with Crippen molar-refractivity contribution in [2.75, 3.05) is 28.2 Å². The van der Waals surface area contributed by atoms with E-state index in [9.17, 15) is 0 Å². The summed E-state index contributed by atoms with van der Waals surface area (Å²) in [6.07, 6.45) is 0. The summed E-state index contributed by atoms with van der Waals surface area (Å²) in [5.74, 6) is 0. The van der Waals surface area contributed by atoms with Gasteiger partial charge in [-0.3, -0.25) is 9.04 Å². The normalized spacial score (nSPS) is 10.5. The second-order valence-corrected chi connectivity index (χ2v) is 4.63. The van der Waals surface area contributed by atoms with E-state index in [0.29, 0.717) is 0 Å². The van der Waals surface area contributed by atoms with E-state index in [4.69, 9.17) is 17.5 Å². The lowest BCUT2D eigenvalue weighted by Gasteiger charge is -2.22. The van der Waals surface area contributed by atoms with Crippen LogP contribution in [-0.2, 0) is 10.4 Å². The third kappa shape index (κ3) is 15.0. The highest BCUT2D eigenvalue weighted by Gasteiger charge is 2.08. The van der Waals surface area contributed by atoms with Crippen molar-refractivity contribution in [2.24, 2.45) is 5.73 Å². The smallest absolute Gasteiger partial charge is 0.215 e. The Hall–Kier alpha value is -0.990. The minimum absolute atomic E-state index is 0.890. The average molecular weight is 264 g/mol. The first kappa shape index (κ1) is 18.4. The number of rotatable bonds is 1. The molecular formula is C10H20N2O4S. The van der Waals surface area contributed by atoms with Crippen molar-refractivity contribution in [3.05, 3.63) is 30.3 Å². The van der Waals surface area contributed by atoms with Crippen LogP contribution >= 0.6 is 0 Å². The van der Waals surface area contributed by atoms with Crippen LogP contribution in [-0.4, -0.2) is 45.7 Å². The molecule has 0 spiro atoms. The molecule has 0 radical (unpaired) electrons. The summed E-state index contributed by atoms with van der Waals surface area (Å²) >= 11 is 0. The number of nitrogens with zero attached hydrogens (tertiary/aromatic N) is 1. The molecule has 0 amide bonds. The fraction of sp³-hybridized carbons (Fsp3) is 0.400. The van der Waals surface area contributed by atoms with Gasteiger partial charge in [0.1, 0.15) is 5.69 Å². The molecule has 0 heterocycles. The first-order chi connectivity index (χ1) is 7.61. The number of hydrogen-bond acceptors (Lipinski definition) is 4. The third-order valence-electron chi connectivity index (χ3n) is 1.53. The van der Waals surface area contributed by atoms with Gasteiger partial charge in [0, 0.05) is 0 Å². The van der Waals surface area contributed by atoms with E-state index in [1.165, 1.54) is 12.7 Å². The molecule has 7 heteroatoms. The van der Waals surface area contributed by atoms with Crippen molar-refractivity contribution >= 4 is 16.1 Å². The van der Waals surface area contributed by atoms with E-state index in [1.54, 1.807) is 0 Å². The Labute approximate surface area is 103 Å². The Morgan fingerprint density at radius 1 is 1.12 bits per heavy atom. The molecule has 1 rings (SSSR count). The number of benzene rings is 1. The van der Waals surface area contributed by atoms with Crippen LogP contribution in [0.1, 0.15) is 0 Å². The summed E-state index contributed by atoms with van der Waals surface area (Å²) in [5, 5.41) is 0. The van der Waals surface area contributed by atoms with Crippen LogP contribution < -0.4 is 10.2 Å². The molecule has 0 fully saturated rings. The summed E-state index contributed by atoms with van der Waals surface area (Å²) in [6.45, 7) is 0. The van der Waals surface area contributed by atoms with Gasteiger partial charge in [-0.25, -0.2) is 8.42 Å². The Morgan fingerprint density at radius 2 is 1.41 bits per heavy atom. The highest BCUT2D eigenvalue weighted by atomic mass is 32.3. The Kier molecular flexibility index (Phi) is 8.81. The van der Waals surface area contributed by atoms with Gasteiger partial charge >= 0.3 is 0 Å². The van der Waals surface area contributed by atoms with Crippen molar-refractivity contribution in [3.63, 3.8) is 0 Å². The van der Waals surface area contributed by atoms with E-state index in [-0.39, 0.29) is 0 Å². The van der Waals surface area contributed by atoms with E-state index in [2.05, 4.69) is 51.1 Å². The molecule has 0 aromatic heterocycles. The van der Waals surface area contributed by atoms with Crippen LogP contribution in [0.25, 0.3) is 0 Å². The highest BCUT2D eigenvalue weighted by Crippen LogP contribution is 2.14. The number of hydrogen-bond donors (Lipinski definition) is 2. The lowest BCUT2D eigenvalue weighted by atomic mass is 10.3. The zero-order valence-electron chi connectivity index (χ0n) is 10.5. The van der Waals surface area contributed by atoms with E-state index < -0.39 is 10.4 Å². The molecule has 100 valence electrons. The van der Waals surface area contributed by atoms with Gasteiger partial charge in [0.25, 0.3) is 0 Å². The summed E-state index contributed by atoms with van der Waals surface area (Å²) < 4.78 is 33.7. The number of nitrogens with two attached hydrogens (primary N) is 1. The van der Waals surface area contributed by atoms with Crippen LogP contribution in [0.15, 0.2) is 30.3 Å². The summed E-state index contributed by atoms with van der Waals surface area (Å²) in [7, 11) is 3.07. The molecule has 0 bridgehead atoms. The van der Waals surface area contributed by atoms with Gasteiger partial charge in [0.05, 0.1) is 21.1 Å². The van der Waals surface area contributed by atoms with Crippen molar-refractivity contribution in [3.8, 4) is 0 Å². The summed E-state index contributed by atoms with van der Waals surface area (Å²) in [4.78, 5) is 0. The predicted molar refractivity (Wildman–Crippen MR) is 68.4 cm³/mol. The van der Waals surface area contributed by atoms with Gasteiger partial charge in [0.2, 0.25) is 10.4 Å². The lowest BCUT2D eigenvalue weighted by Crippen LogP contribution is -2.34. The third-order valence-corrected chi connectivity index (χ3v) is 1.53. The van der Waals surface area contributed by atoms with Gasteiger partial charge in [-0.05, 0) is 19.2 Å². The minimum atomic E-state index is -4.92. The van der Waals surface area contributed by atoms with Crippen LogP contribution in [0.4, 0.5) is 5.69 Å². The molecule has 17 heavy (non-hydrogen) atoms. The van der Waals surface area contributed by atoms with Crippen molar-refractivity contribution in [1.29, 1.82) is 0 Å². The van der Waals surface area contributed by atoms with E-state index in [0.717, 1.165) is 4.48 Å². The summed E-state index contributed by atoms with van der Waals surface area (Å²) in [5.41, 5.74) is 5.84. The monoisotopic (exact) mass is 264 g/mol. The standard InChI is InChI=1S/C9H14N.CH5N.H2O4S/c1-10(2,3)9-7-5-4-6-8-9;1-2;1-5(2,3)4/h4-8H,1-3H3;2H2,1H3;(H2,1,2,3,4)/q+1;;/p-1. The second kappa shape index (κ2) is 8.15. The predicted octanol–water partition coefficient (Wildman–Crippen LogP) is 0.463. The summed E-state index contributed by atoms with van der Waals surface area (Å²) in [6, 6.07) is 10.5. The van der Waals surface area contributed by atoms with E-state index >= 15 is 0 Å². The first-order valence-corrected chi connectivity index (χ1v) is 6.10. The second-order valence-electron chi connectivity index (χ2n) is 3.78. The molecule has 0 aliphatic carbocycles. The van der Waals surface area contributed by atoms with Crippen molar-refractivity contribution < 1.29 is 17.5 Å². The molecule has 1 aromatic rings. The topological polar surface area (TPSA) is 103 Å². The van der Waals surface area contributed by atoms with Gasteiger partial charge in [-0.15, -0.1) is 0 Å². The molecule has 0 atom stereocenters. The first-order valence-electron chi connectivity index (χ1n) is 4.74. The molecule has 0 saturated carbocycles. The molecule has 0 aliphatic heterocycles. The quantitative estimate of drug-likeness (QED) is 0.436. The van der Waals surface area contributed by atoms with Crippen LogP contribution in [0.5, 0.6) is 0 Å². The molecular weight excluding hydrogens is 244 g/mol. The fourth-order valence-electron chi connectivity index (χ4n) is 0.875. The maximum atomic E-state index is 8.63. The molecule has 0 unspecified atom stereocenters. The Morgan fingerprint density at radius 3 is 1.59 bits per heavy atom. The molecule has 6 nitrogen and oxygen atoms in total. The van der Waals surface area contributed by atoms with Gasteiger partial charge < -0.3 is 10.3 Å². The Balaban J connectivity index is 0. The molecule has 0 aliphatic rings. The SMILES string of the molecule is CN.C[N+](C)(C)c1ccccc1.O=S(=O)([O-])O. The van der Waals surface area contributed by atoms with Crippen LogP contribution in [0.3, 0.4) is 0 Å². The minimum Gasteiger partial charge on any atom is -0.726 e. The molecule has 1 aromatic carbocycles.